The summed E-state index contributed by atoms with van der Waals surface area (Å²) in [4.78, 5) is 37.1. The second kappa shape index (κ2) is 8.78. The number of thiophene rings is 1. The first-order valence-corrected chi connectivity index (χ1v) is 12.2. The molecule has 0 saturated carbocycles. The van der Waals surface area contributed by atoms with E-state index in [1.165, 1.54) is 29.0 Å². The van der Waals surface area contributed by atoms with Gasteiger partial charge >= 0.3 is 0 Å². The Labute approximate surface area is 179 Å². The van der Waals surface area contributed by atoms with E-state index in [1.807, 2.05) is 0 Å². The summed E-state index contributed by atoms with van der Waals surface area (Å²) in [6, 6.07) is 1.52. The van der Waals surface area contributed by atoms with Crippen molar-refractivity contribution in [2.24, 2.45) is 0 Å². The molecule has 2 amide bonds. The van der Waals surface area contributed by atoms with Crippen LogP contribution in [0.3, 0.4) is 0 Å². The Kier molecular flexibility index (Phi) is 6.11. The van der Waals surface area contributed by atoms with Crippen LogP contribution in [0.5, 0.6) is 0 Å². The predicted octanol–water partition coefficient (Wildman–Crippen LogP) is 1.31. The van der Waals surface area contributed by atoms with Crippen molar-refractivity contribution in [1.29, 1.82) is 0 Å². The van der Waals surface area contributed by atoms with E-state index in [0.29, 0.717) is 39.3 Å². The summed E-state index contributed by atoms with van der Waals surface area (Å²) in [5.41, 5.74) is 0.269. The molecule has 2 aliphatic heterocycles. The minimum Gasteiger partial charge on any atom is -0.334 e. The van der Waals surface area contributed by atoms with Crippen molar-refractivity contribution in [3.05, 3.63) is 40.6 Å². The molecule has 2 saturated heterocycles. The zero-order valence-corrected chi connectivity index (χ0v) is 18.1. The highest BCUT2D eigenvalue weighted by Gasteiger charge is 2.34. The fraction of sp³-hybridized carbons (Fsp3) is 0.474. The molecule has 0 aromatic carbocycles. The normalized spacial score (nSPS) is 18.4. The second-order valence-corrected chi connectivity index (χ2v) is 10.1. The maximum Gasteiger partial charge on any atom is 0.274 e. The van der Waals surface area contributed by atoms with Crippen LogP contribution in [0.15, 0.2) is 34.9 Å². The lowest BCUT2D eigenvalue weighted by atomic mass is 10.2. The first-order chi connectivity index (χ1) is 14.5. The highest BCUT2D eigenvalue weighted by Crippen LogP contribution is 2.28. The molecule has 0 unspecified atom stereocenters. The number of rotatable bonds is 4. The molecule has 160 valence electrons. The number of aromatic nitrogens is 2. The third-order valence-corrected chi connectivity index (χ3v) is 8.37. The van der Waals surface area contributed by atoms with Gasteiger partial charge in [-0.3, -0.25) is 14.6 Å². The lowest BCUT2D eigenvalue weighted by Gasteiger charge is -2.34. The van der Waals surface area contributed by atoms with Gasteiger partial charge in [-0.1, -0.05) is 6.42 Å². The molecule has 2 aromatic heterocycles. The number of nitrogens with zero attached hydrogens (tertiary/aromatic N) is 5. The van der Waals surface area contributed by atoms with Crippen molar-refractivity contribution in [2.45, 2.75) is 24.2 Å². The summed E-state index contributed by atoms with van der Waals surface area (Å²) in [5, 5.41) is 1.65. The van der Waals surface area contributed by atoms with Crippen LogP contribution < -0.4 is 0 Å². The lowest BCUT2D eigenvalue weighted by Crippen LogP contribution is -2.50. The summed E-state index contributed by atoms with van der Waals surface area (Å²) < 4.78 is 27.6. The quantitative estimate of drug-likeness (QED) is 0.697. The SMILES string of the molecule is O=C(c1cnccn1)N1CCN(C(=O)c2sccc2S(=O)(=O)N2CCCCC2)CC1. The maximum absolute atomic E-state index is 13.1. The molecule has 2 fully saturated rings. The summed E-state index contributed by atoms with van der Waals surface area (Å²) in [5.74, 6) is -0.521. The Morgan fingerprint density at radius 3 is 2.20 bits per heavy atom. The fourth-order valence-electron chi connectivity index (χ4n) is 3.73. The minimum absolute atomic E-state index is 0.0949. The highest BCUT2D eigenvalue weighted by molar-refractivity contribution is 7.89. The van der Waals surface area contributed by atoms with Gasteiger partial charge < -0.3 is 9.80 Å². The number of hydrogen-bond acceptors (Lipinski definition) is 7. The molecule has 11 heteroatoms. The highest BCUT2D eigenvalue weighted by atomic mass is 32.2. The average Bonchev–Trinajstić information content (AvgIpc) is 3.30. The van der Waals surface area contributed by atoms with Crippen molar-refractivity contribution in [3.8, 4) is 0 Å². The van der Waals surface area contributed by atoms with E-state index in [1.54, 1.807) is 15.2 Å². The molecule has 0 radical (unpaired) electrons. The van der Waals surface area contributed by atoms with Crippen molar-refractivity contribution in [3.63, 3.8) is 0 Å². The zero-order chi connectivity index (χ0) is 21.1. The number of carbonyl (C=O) groups excluding carboxylic acids is 2. The van der Waals surface area contributed by atoms with Crippen molar-refractivity contribution < 1.29 is 18.0 Å². The predicted molar refractivity (Wildman–Crippen MR) is 111 cm³/mol. The van der Waals surface area contributed by atoms with E-state index in [9.17, 15) is 18.0 Å². The Balaban J connectivity index is 1.44. The molecule has 0 aliphatic carbocycles. The van der Waals surface area contributed by atoms with E-state index in [0.717, 1.165) is 30.6 Å². The summed E-state index contributed by atoms with van der Waals surface area (Å²) in [6.45, 7) is 2.39. The van der Waals surface area contributed by atoms with Gasteiger partial charge in [0.05, 0.1) is 6.20 Å². The molecular formula is C19H23N5O4S2. The molecule has 0 atom stereocenters. The first kappa shape index (κ1) is 20.9. The van der Waals surface area contributed by atoms with Gasteiger partial charge in [-0.05, 0) is 24.3 Å². The average molecular weight is 450 g/mol. The fourth-order valence-corrected chi connectivity index (χ4v) is 6.61. The minimum atomic E-state index is -3.68. The number of piperazine rings is 1. The van der Waals surface area contributed by atoms with E-state index in [-0.39, 0.29) is 27.3 Å². The monoisotopic (exact) mass is 449 g/mol. The molecular weight excluding hydrogens is 426 g/mol. The standard InChI is InChI=1S/C19H23N5O4S2/c25-18(15-14-20-5-6-21-15)22-9-11-23(12-10-22)19(26)17-16(4-13-29-17)30(27,28)24-7-2-1-3-8-24/h4-6,13-14H,1-3,7-12H2. The van der Waals surface area contributed by atoms with Crippen molar-refractivity contribution in [2.75, 3.05) is 39.3 Å². The number of carbonyl (C=O) groups is 2. The zero-order valence-electron chi connectivity index (χ0n) is 16.4. The van der Waals surface area contributed by atoms with Gasteiger partial charge in [-0.2, -0.15) is 4.31 Å². The molecule has 2 aliphatic rings. The topological polar surface area (TPSA) is 104 Å². The Bertz CT molecular complexity index is 1010. The van der Waals surface area contributed by atoms with Gasteiger partial charge in [-0.25, -0.2) is 13.4 Å². The molecule has 2 aromatic rings. The van der Waals surface area contributed by atoms with Gasteiger partial charge in [0, 0.05) is 51.7 Å². The van der Waals surface area contributed by atoms with Crippen LogP contribution >= 0.6 is 11.3 Å². The summed E-state index contributed by atoms with van der Waals surface area (Å²) in [7, 11) is -3.68. The van der Waals surface area contributed by atoms with Crippen LogP contribution in [0.4, 0.5) is 0 Å². The van der Waals surface area contributed by atoms with Gasteiger partial charge in [-0.15, -0.1) is 11.3 Å². The van der Waals surface area contributed by atoms with Crippen LogP contribution in [0.1, 0.15) is 39.4 Å². The van der Waals surface area contributed by atoms with Crippen LogP contribution in [-0.4, -0.2) is 83.6 Å². The van der Waals surface area contributed by atoms with Crippen molar-refractivity contribution >= 4 is 33.2 Å². The molecule has 4 heterocycles. The van der Waals surface area contributed by atoms with E-state index >= 15 is 0 Å². The molecule has 30 heavy (non-hydrogen) atoms. The smallest absolute Gasteiger partial charge is 0.274 e. The number of sulfonamides is 1. The number of amides is 2. The molecule has 0 spiro atoms. The Morgan fingerprint density at radius 1 is 0.900 bits per heavy atom. The molecule has 0 bridgehead atoms. The Morgan fingerprint density at radius 2 is 1.57 bits per heavy atom. The van der Waals surface area contributed by atoms with E-state index in [2.05, 4.69) is 9.97 Å². The van der Waals surface area contributed by atoms with Gasteiger partial charge in [0.1, 0.15) is 15.5 Å². The lowest BCUT2D eigenvalue weighted by molar-refractivity contribution is 0.0532. The van der Waals surface area contributed by atoms with Crippen LogP contribution in [0.25, 0.3) is 0 Å². The van der Waals surface area contributed by atoms with Crippen LogP contribution in [0, 0.1) is 0 Å². The third kappa shape index (κ3) is 4.09. The maximum atomic E-state index is 13.1. The van der Waals surface area contributed by atoms with Crippen LogP contribution in [-0.2, 0) is 10.0 Å². The van der Waals surface area contributed by atoms with Crippen LogP contribution in [0.2, 0.25) is 0 Å². The molecule has 4 rings (SSSR count). The third-order valence-electron chi connectivity index (χ3n) is 5.39. The Hall–Kier alpha value is -2.37. The number of hydrogen-bond donors (Lipinski definition) is 0. The number of piperidine rings is 1. The van der Waals surface area contributed by atoms with Crippen molar-refractivity contribution in [1.82, 2.24) is 24.1 Å². The first-order valence-electron chi connectivity index (χ1n) is 9.90. The largest absolute Gasteiger partial charge is 0.334 e. The van der Waals surface area contributed by atoms with Gasteiger partial charge in [0.15, 0.2) is 0 Å². The van der Waals surface area contributed by atoms with E-state index < -0.39 is 10.0 Å². The molecule has 9 nitrogen and oxygen atoms in total. The second-order valence-electron chi connectivity index (χ2n) is 7.25. The molecule has 0 N–H and O–H groups in total. The van der Waals surface area contributed by atoms with Gasteiger partial charge in [0.25, 0.3) is 11.8 Å². The van der Waals surface area contributed by atoms with Gasteiger partial charge in [0.2, 0.25) is 10.0 Å². The van der Waals surface area contributed by atoms with E-state index in [4.69, 9.17) is 0 Å². The summed E-state index contributed by atoms with van der Waals surface area (Å²) >= 11 is 1.15. The summed E-state index contributed by atoms with van der Waals surface area (Å²) in [6.07, 6.45) is 7.10.